The van der Waals surface area contributed by atoms with Gasteiger partial charge in [0.1, 0.15) is 5.75 Å². The zero-order chi connectivity index (χ0) is 20.4. The molecule has 7 nitrogen and oxygen atoms in total. The van der Waals surface area contributed by atoms with E-state index in [4.69, 9.17) is 9.47 Å². The first-order chi connectivity index (χ1) is 13.5. The monoisotopic (exact) mass is 384 g/mol. The molecular formula is C21H24N2O5. The zero-order valence-corrected chi connectivity index (χ0v) is 15.9. The van der Waals surface area contributed by atoms with Crippen molar-refractivity contribution >= 4 is 23.5 Å². The summed E-state index contributed by atoms with van der Waals surface area (Å²) in [5, 5.41) is 5.36. The number of hydrogen-bond donors (Lipinski definition) is 2. The highest BCUT2D eigenvalue weighted by Crippen LogP contribution is 2.18. The van der Waals surface area contributed by atoms with Crippen LogP contribution < -0.4 is 15.4 Å². The first-order valence-corrected chi connectivity index (χ1v) is 8.98. The molecule has 148 valence electrons. The number of rotatable bonds is 9. The van der Waals surface area contributed by atoms with Gasteiger partial charge in [0.25, 0.3) is 5.91 Å². The second kappa shape index (κ2) is 10.7. The highest BCUT2D eigenvalue weighted by atomic mass is 16.5. The van der Waals surface area contributed by atoms with Gasteiger partial charge in [0.05, 0.1) is 19.1 Å². The molecule has 0 saturated carbocycles. The van der Waals surface area contributed by atoms with Gasteiger partial charge < -0.3 is 20.1 Å². The van der Waals surface area contributed by atoms with Gasteiger partial charge in [0.15, 0.2) is 6.61 Å². The van der Waals surface area contributed by atoms with E-state index in [0.717, 1.165) is 5.56 Å². The van der Waals surface area contributed by atoms with Crippen LogP contribution in [0, 0.1) is 0 Å². The number of amides is 2. The number of anilines is 1. The molecule has 1 atom stereocenters. The van der Waals surface area contributed by atoms with Crippen LogP contribution in [0.1, 0.15) is 31.9 Å². The van der Waals surface area contributed by atoms with Crippen LogP contribution in [-0.4, -0.2) is 31.0 Å². The molecule has 0 saturated heterocycles. The van der Waals surface area contributed by atoms with Crippen molar-refractivity contribution < 1.29 is 23.9 Å². The normalized spacial score (nSPS) is 11.2. The van der Waals surface area contributed by atoms with Gasteiger partial charge in [-0.2, -0.15) is 0 Å². The molecule has 2 N–H and O–H groups in total. The zero-order valence-electron chi connectivity index (χ0n) is 15.9. The molecule has 0 aromatic heterocycles. The van der Waals surface area contributed by atoms with Crippen molar-refractivity contribution in [2.45, 2.75) is 26.3 Å². The first kappa shape index (κ1) is 21.0. The molecule has 0 aliphatic rings. The lowest BCUT2D eigenvalue weighted by atomic mass is 10.0. The second-order valence-corrected chi connectivity index (χ2v) is 6.03. The molecule has 0 heterocycles. The number of ether oxygens (including phenoxy) is 2. The van der Waals surface area contributed by atoms with Gasteiger partial charge in [-0.1, -0.05) is 30.3 Å². The van der Waals surface area contributed by atoms with E-state index in [1.807, 2.05) is 37.3 Å². The Kier molecular flexibility index (Phi) is 8.02. The smallest absolute Gasteiger partial charge is 0.308 e. The fourth-order valence-electron chi connectivity index (χ4n) is 2.55. The van der Waals surface area contributed by atoms with Crippen LogP contribution >= 0.6 is 0 Å². The Balaban J connectivity index is 1.84. The summed E-state index contributed by atoms with van der Waals surface area (Å²) in [5.41, 5.74) is 1.36. The Morgan fingerprint density at radius 2 is 1.68 bits per heavy atom. The number of nitrogens with one attached hydrogen (secondary N) is 2. The van der Waals surface area contributed by atoms with Crippen molar-refractivity contribution in [1.29, 1.82) is 0 Å². The van der Waals surface area contributed by atoms with Crippen LogP contribution in [0.2, 0.25) is 0 Å². The predicted octanol–water partition coefficient (Wildman–Crippen LogP) is 2.83. The molecule has 0 spiro atoms. The summed E-state index contributed by atoms with van der Waals surface area (Å²) in [5.74, 6) is -0.579. The van der Waals surface area contributed by atoms with Gasteiger partial charge in [-0.05, 0) is 36.8 Å². The van der Waals surface area contributed by atoms with Crippen LogP contribution in [0.4, 0.5) is 5.69 Å². The molecular weight excluding hydrogens is 360 g/mol. The number of carbonyl (C=O) groups excluding carboxylic acids is 3. The Morgan fingerprint density at radius 3 is 2.29 bits per heavy atom. The average Bonchev–Trinajstić information content (AvgIpc) is 2.68. The van der Waals surface area contributed by atoms with Gasteiger partial charge in [-0.3, -0.25) is 14.4 Å². The minimum atomic E-state index is -0.579. The van der Waals surface area contributed by atoms with Crippen LogP contribution in [0.25, 0.3) is 0 Å². The van der Waals surface area contributed by atoms with Gasteiger partial charge >= 0.3 is 5.97 Å². The van der Waals surface area contributed by atoms with E-state index in [-0.39, 0.29) is 12.3 Å². The Hall–Kier alpha value is -3.35. The van der Waals surface area contributed by atoms with Crippen molar-refractivity contribution in [3.63, 3.8) is 0 Å². The van der Waals surface area contributed by atoms with Gasteiger partial charge in [-0.25, -0.2) is 0 Å². The van der Waals surface area contributed by atoms with Crippen LogP contribution in [0.5, 0.6) is 5.75 Å². The summed E-state index contributed by atoms with van der Waals surface area (Å²) in [6.07, 6.45) is -0.0695. The third-order valence-corrected chi connectivity index (χ3v) is 3.76. The third-order valence-electron chi connectivity index (χ3n) is 3.76. The number of hydrogen-bond acceptors (Lipinski definition) is 5. The molecule has 0 aliphatic carbocycles. The molecule has 0 bridgehead atoms. The third kappa shape index (κ3) is 7.11. The highest BCUT2D eigenvalue weighted by molar-refractivity contribution is 5.92. The lowest BCUT2D eigenvalue weighted by Gasteiger charge is -2.17. The number of benzene rings is 2. The van der Waals surface area contributed by atoms with E-state index in [2.05, 4.69) is 10.6 Å². The van der Waals surface area contributed by atoms with E-state index >= 15 is 0 Å². The van der Waals surface area contributed by atoms with Crippen molar-refractivity contribution in [3.8, 4) is 5.75 Å². The maximum atomic E-state index is 12.1. The molecule has 0 aliphatic heterocycles. The van der Waals surface area contributed by atoms with Gasteiger partial charge in [-0.15, -0.1) is 0 Å². The summed E-state index contributed by atoms with van der Waals surface area (Å²) in [6, 6.07) is 15.5. The van der Waals surface area contributed by atoms with Crippen LogP contribution in [0.3, 0.4) is 0 Å². The summed E-state index contributed by atoms with van der Waals surface area (Å²) in [7, 11) is 0. The van der Waals surface area contributed by atoms with Crippen molar-refractivity contribution in [2.75, 3.05) is 18.5 Å². The van der Waals surface area contributed by atoms with E-state index in [0.29, 0.717) is 18.0 Å². The Bertz CT molecular complexity index is 790. The minimum Gasteiger partial charge on any atom is -0.494 e. The molecule has 7 heteroatoms. The standard InChI is InChI=1S/C21H24N2O5/c1-3-27-18-11-9-17(10-12-18)23-20(25)14-28-21(26)13-19(22-15(2)24)16-7-5-4-6-8-16/h4-12,19H,3,13-14H2,1-2H3,(H,22,24)(H,23,25)/t19-/m1/s1. The first-order valence-electron chi connectivity index (χ1n) is 8.98. The van der Waals surface area contributed by atoms with E-state index < -0.39 is 24.5 Å². The van der Waals surface area contributed by atoms with Gasteiger partial charge in [0, 0.05) is 12.6 Å². The number of carbonyl (C=O) groups is 3. The van der Waals surface area contributed by atoms with Crippen molar-refractivity contribution in [2.24, 2.45) is 0 Å². The van der Waals surface area contributed by atoms with Crippen LogP contribution in [0.15, 0.2) is 54.6 Å². The fourth-order valence-corrected chi connectivity index (χ4v) is 2.55. The Labute approximate surface area is 164 Å². The largest absolute Gasteiger partial charge is 0.494 e. The lowest BCUT2D eigenvalue weighted by Crippen LogP contribution is -2.29. The summed E-state index contributed by atoms with van der Waals surface area (Å²) in [4.78, 5) is 35.5. The maximum absolute atomic E-state index is 12.1. The predicted molar refractivity (Wildman–Crippen MR) is 105 cm³/mol. The SMILES string of the molecule is CCOc1ccc(NC(=O)COC(=O)C[C@@H](NC(C)=O)c2ccccc2)cc1. The molecule has 2 amide bonds. The lowest BCUT2D eigenvalue weighted by molar-refractivity contribution is -0.148. The van der Waals surface area contributed by atoms with E-state index in [1.54, 1.807) is 24.3 Å². The molecule has 2 aromatic rings. The average molecular weight is 384 g/mol. The molecule has 2 aromatic carbocycles. The molecule has 28 heavy (non-hydrogen) atoms. The molecule has 0 fully saturated rings. The van der Waals surface area contributed by atoms with E-state index in [9.17, 15) is 14.4 Å². The summed E-state index contributed by atoms with van der Waals surface area (Å²) < 4.78 is 10.4. The molecule has 0 radical (unpaired) electrons. The topological polar surface area (TPSA) is 93.7 Å². The molecule has 2 rings (SSSR count). The van der Waals surface area contributed by atoms with E-state index in [1.165, 1.54) is 6.92 Å². The van der Waals surface area contributed by atoms with Crippen molar-refractivity contribution in [3.05, 3.63) is 60.2 Å². The minimum absolute atomic E-state index is 0.0695. The number of esters is 1. The van der Waals surface area contributed by atoms with Gasteiger partial charge in [0.2, 0.25) is 5.91 Å². The Morgan fingerprint density at radius 1 is 1.00 bits per heavy atom. The quantitative estimate of drug-likeness (QED) is 0.649. The maximum Gasteiger partial charge on any atom is 0.308 e. The fraction of sp³-hybridized carbons (Fsp3) is 0.286. The summed E-state index contributed by atoms with van der Waals surface area (Å²) >= 11 is 0. The summed E-state index contributed by atoms with van der Waals surface area (Å²) in [6.45, 7) is 3.42. The molecule has 0 unspecified atom stereocenters. The van der Waals surface area contributed by atoms with Crippen LogP contribution in [-0.2, 0) is 19.1 Å². The highest BCUT2D eigenvalue weighted by Gasteiger charge is 2.18. The van der Waals surface area contributed by atoms with Crippen molar-refractivity contribution in [1.82, 2.24) is 5.32 Å². The second-order valence-electron chi connectivity index (χ2n) is 6.03.